The molecule has 1 aromatic rings. The zero-order valence-corrected chi connectivity index (χ0v) is 15.2. The molecule has 2 heteroatoms. The number of aldehydes is 1. The quantitative estimate of drug-likeness (QED) is 0.327. The van der Waals surface area contributed by atoms with Gasteiger partial charge in [0.2, 0.25) is 0 Å². The van der Waals surface area contributed by atoms with E-state index in [-0.39, 0.29) is 0 Å². The van der Waals surface area contributed by atoms with Crippen LogP contribution in [0.4, 0.5) is 0 Å². The van der Waals surface area contributed by atoms with E-state index in [9.17, 15) is 4.79 Å². The van der Waals surface area contributed by atoms with Crippen LogP contribution in [0.5, 0.6) is 0 Å². The lowest BCUT2D eigenvalue weighted by Crippen LogP contribution is -1.98. The van der Waals surface area contributed by atoms with Crippen molar-refractivity contribution in [1.82, 2.24) is 0 Å². The van der Waals surface area contributed by atoms with Gasteiger partial charge in [-0.3, -0.25) is 4.79 Å². The summed E-state index contributed by atoms with van der Waals surface area (Å²) in [4.78, 5) is 11.3. The number of halogens is 1. The van der Waals surface area contributed by atoms with E-state index in [2.05, 4.69) is 41.9 Å². The zero-order valence-electron chi connectivity index (χ0n) is 13.6. The average Bonchev–Trinajstić information content (AvgIpc) is 2.49. The Morgan fingerprint density at radius 3 is 1.95 bits per heavy atom. The maximum Gasteiger partial charge on any atom is 0.150 e. The van der Waals surface area contributed by atoms with Gasteiger partial charge < -0.3 is 0 Å². The summed E-state index contributed by atoms with van der Waals surface area (Å²) in [6.07, 6.45) is 13.1. The summed E-state index contributed by atoms with van der Waals surface area (Å²) in [6, 6.07) is 4.27. The minimum Gasteiger partial charge on any atom is -0.298 e. The van der Waals surface area contributed by atoms with Gasteiger partial charge >= 0.3 is 0 Å². The van der Waals surface area contributed by atoms with E-state index in [1.807, 2.05) is 0 Å². The van der Waals surface area contributed by atoms with Crippen molar-refractivity contribution in [2.24, 2.45) is 0 Å². The Hall–Kier alpha value is -0.630. The fourth-order valence-corrected chi connectivity index (χ4v) is 3.27. The van der Waals surface area contributed by atoms with E-state index in [1.54, 1.807) is 0 Å². The number of hydrogen-bond donors (Lipinski definition) is 0. The molecule has 0 aliphatic carbocycles. The fourth-order valence-electron chi connectivity index (χ4n) is 2.68. The number of carbonyl (C=O) groups is 1. The molecule has 0 heterocycles. The average molecular weight is 353 g/mol. The maximum absolute atomic E-state index is 11.3. The lowest BCUT2D eigenvalue weighted by atomic mass is 9.97. The summed E-state index contributed by atoms with van der Waals surface area (Å²) < 4.78 is 1.18. The highest BCUT2D eigenvalue weighted by Gasteiger charge is 2.08. The monoisotopic (exact) mass is 352 g/mol. The standard InChI is InChI=1S/C19H29BrO/c1-3-5-7-9-11-16-14-19(20)17(13-18(16)15-21)12-10-8-6-4-2/h13-15H,3-12H2,1-2H3. The molecule has 0 N–H and O–H groups in total. The molecule has 0 spiro atoms. The summed E-state index contributed by atoms with van der Waals surface area (Å²) >= 11 is 3.69. The van der Waals surface area contributed by atoms with Crippen molar-refractivity contribution in [2.45, 2.75) is 78.1 Å². The smallest absolute Gasteiger partial charge is 0.150 e. The first-order chi connectivity index (χ1) is 10.2. The summed E-state index contributed by atoms with van der Waals surface area (Å²) in [6.45, 7) is 4.45. The Labute approximate surface area is 138 Å². The van der Waals surface area contributed by atoms with Crippen molar-refractivity contribution in [1.29, 1.82) is 0 Å². The molecule has 0 aliphatic rings. The molecule has 1 nitrogen and oxygen atoms in total. The second-order valence-corrected chi connectivity index (χ2v) is 6.74. The van der Waals surface area contributed by atoms with Gasteiger partial charge in [0.25, 0.3) is 0 Å². The van der Waals surface area contributed by atoms with Gasteiger partial charge in [0.1, 0.15) is 6.29 Å². The third-order valence-corrected chi connectivity index (χ3v) is 4.77. The van der Waals surface area contributed by atoms with Gasteiger partial charge in [-0.2, -0.15) is 0 Å². The predicted molar refractivity (Wildman–Crippen MR) is 95.2 cm³/mol. The molecule has 0 unspecified atom stereocenters. The van der Waals surface area contributed by atoms with Crippen LogP contribution in [0, 0.1) is 0 Å². The SMILES string of the molecule is CCCCCCc1cc(C=O)c(CCCCCC)cc1Br. The number of aryl methyl sites for hydroxylation is 2. The molecule has 21 heavy (non-hydrogen) atoms. The highest BCUT2D eigenvalue weighted by atomic mass is 79.9. The third-order valence-electron chi connectivity index (χ3n) is 4.03. The van der Waals surface area contributed by atoms with Crippen molar-refractivity contribution in [2.75, 3.05) is 0 Å². The van der Waals surface area contributed by atoms with Crippen LogP contribution >= 0.6 is 15.9 Å². The molecular weight excluding hydrogens is 324 g/mol. The Balaban J connectivity index is 2.65. The van der Waals surface area contributed by atoms with Gasteiger partial charge in [0.15, 0.2) is 0 Å². The van der Waals surface area contributed by atoms with Crippen LogP contribution in [0.2, 0.25) is 0 Å². The van der Waals surface area contributed by atoms with Crippen LogP contribution in [0.1, 0.15) is 86.7 Å². The molecule has 1 aromatic carbocycles. The maximum atomic E-state index is 11.3. The van der Waals surface area contributed by atoms with E-state index in [0.717, 1.165) is 24.7 Å². The molecule has 1 rings (SSSR count). The Bertz CT molecular complexity index is 426. The molecule has 0 amide bonds. The minimum atomic E-state index is 0.889. The molecule has 0 bridgehead atoms. The number of hydrogen-bond acceptors (Lipinski definition) is 1. The highest BCUT2D eigenvalue weighted by Crippen LogP contribution is 2.25. The van der Waals surface area contributed by atoms with Gasteiger partial charge in [-0.05, 0) is 48.9 Å². The van der Waals surface area contributed by atoms with E-state index in [1.165, 1.54) is 67.0 Å². The minimum absolute atomic E-state index is 0.889. The van der Waals surface area contributed by atoms with E-state index in [0.29, 0.717) is 0 Å². The van der Waals surface area contributed by atoms with Crippen molar-refractivity contribution < 1.29 is 4.79 Å². The Morgan fingerprint density at radius 2 is 1.43 bits per heavy atom. The largest absolute Gasteiger partial charge is 0.298 e. The van der Waals surface area contributed by atoms with E-state index < -0.39 is 0 Å². The van der Waals surface area contributed by atoms with E-state index in [4.69, 9.17) is 0 Å². The predicted octanol–water partition coefficient (Wildman–Crippen LogP) is 6.51. The third kappa shape index (κ3) is 6.78. The van der Waals surface area contributed by atoms with Crippen LogP contribution < -0.4 is 0 Å². The highest BCUT2D eigenvalue weighted by molar-refractivity contribution is 9.10. The van der Waals surface area contributed by atoms with Gasteiger partial charge in [0, 0.05) is 10.0 Å². The number of carbonyl (C=O) groups excluding carboxylic acids is 1. The van der Waals surface area contributed by atoms with Crippen molar-refractivity contribution in [3.63, 3.8) is 0 Å². The summed E-state index contributed by atoms with van der Waals surface area (Å²) in [5.41, 5.74) is 3.37. The normalized spacial score (nSPS) is 10.8. The zero-order chi connectivity index (χ0) is 15.5. The van der Waals surface area contributed by atoms with Crippen LogP contribution in [0.15, 0.2) is 16.6 Å². The van der Waals surface area contributed by atoms with Crippen molar-refractivity contribution in [3.8, 4) is 0 Å². The molecule has 0 fully saturated rings. The molecule has 0 atom stereocenters. The molecular formula is C19H29BrO. The number of rotatable bonds is 11. The van der Waals surface area contributed by atoms with Gasteiger partial charge in [-0.15, -0.1) is 0 Å². The number of benzene rings is 1. The lowest BCUT2D eigenvalue weighted by Gasteiger charge is -2.11. The number of unbranched alkanes of at least 4 members (excludes halogenated alkanes) is 6. The Morgan fingerprint density at radius 1 is 0.857 bits per heavy atom. The fraction of sp³-hybridized carbons (Fsp3) is 0.632. The molecule has 0 saturated heterocycles. The Kier molecular flexibility index (Phi) is 9.65. The van der Waals surface area contributed by atoms with Crippen molar-refractivity contribution >= 4 is 22.2 Å². The molecule has 0 saturated carbocycles. The summed E-state index contributed by atoms with van der Waals surface area (Å²) in [5, 5.41) is 0. The van der Waals surface area contributed by atoms with Gasteiger partial charge in [0.05, 0.1) is 0 Å². The molecule has 118 valence electrons. The van der Waals surface area contributed by atoms with Crippen LogP contribution in [0.25, 0.3) is 0 Å². The van der Waals surface area contributed by atoms with Crippen LogP contribution in [-0.4, -0.2) is 6.29 Å². The van der Waals surface area contributed by atoms with Crippen LogP contribution in [-0.2, 0) is 12.8 Å². The topological polar surface area (TPSA) is 17.1 Å². The summed E-state index contributed by atoms with van der Waals surface area (Å²) in [5.74, 6) is 0. The summed E-state index contributed by atoms with van der Waals surface area (Å²) in [7, 11) is 0. The first-order valence-electron chi connectivity index (χ1n) is 8.49. The molecule has 0 aliphatic heterocycles. The van der Waals surface area contributed by atoms with Crippen molar-refractivity contribution in [3.05, 3.63) is 33.3 Å². The first-order valence-corrected chi connectivity index (χ1v) is 9.28. The molecule has 0 radical (unpaired) electrons. The van der Waals surface area contributed by atoms with Crippen LogP contribution in [0.3, 0.4) is 0 Å². The van der Waals surface area contributed by atoms with Gasteiger partial charge in [-0.1, -0.05) is 68.3 Å². The van der Waals surface area contributed by atoms with Gasteiger partial charge in [-0.25, -0.2) is 0 Å². The molecule has 0 aromatic heterocycles. The van der Waals surface area contributed by atoms with E-state index >= 15 is 0 Å². The second-order valence-electron chi connectivity index (χ2n) is 5.88. The first kappa shape index (κ1) is 18.4. The lowest BCUT2D eigenvalue weighted by molar-refractivity contribution is 0.112. The second kappa shape index (κ2) is 11.0.